The van der Waals surface area contributed by atoms with Gasteiger partial charge in [0.2, 0.25) is 0 Å². The molecule has 0 heterocycles. The second kappa shape index (κ2) is 6.62. The van der Waals surface area contributed by atoms with Gasteiger partial charge in [0.25, 0.3) is 0 Å². The van der Waals surface area contributed by atoms with Crippen molar-refractivity contribution in [2.75, 3.05) is 12.3 Å². The quantitative estimate of drug-likeness (QED) is 0.722. The molecule has 0 bridgehead atoms. The number of rotatable bonds is 6. The highest BCUT2D eigenvalue weighted by atomic mass is 32.2. The van der Waals surface area contributed by atoms with E-state index >= 15 is 0 Å². The normalized spacial score (nSPS) is 12.4. The minimum Gasteiger partial charge on any atom is -0.330 e. The maximum absolute atomic E-state index is 10.8. The standard InChI is InChI=1S/C11H15NOS/c12-6-7-14-11(9-13)8-10-4-2-1-3-5-10/h1-5,9,11H,6-8,12H2. The maximum atomic E-state index is 10.8. The van der Waals surface area contributed by atoms with Crippen molar-refractivity contribution in [1.29, 1.82) is 0 Å². The molecule has 0 aliphatic heterocycles. The lowest BCUT2D eigenvalue weighted by atomic mass is 10.1. The number of carbonyl (C=O) groups is 1. The second-order valence-corrected chi connectivity index (χ2v) is 4.37. The highest BCUT2D eigenvalue weighted by Crippen LogP contribution is 2.13. The second-order valence-electron chi connectivity index (χ2n) is 3.02. The fraction of sp³-hybridized carbons (Fsp3) is 0.364. The number of carbonyl (C=O) groups excluding carboxylic acids is 1. The molecule has 2 N–H and O–H groups in total. The van der Waals surface area contributed by atoms with Crippen molar-refractivity contribution in [3.8, 4) is 0 Å². The molecule has 1 aromatic carbocycles. The van der Waals surface area contributed by atoms with Gasteiger partial charge in [-0.3, -0.25) is 0 Å². The average Bonchev–Trinajstić information content (AvgIpc) is 2.25. The first-order valence-corrected chi connectivity index (χ1v) is 5.72. The van der Waals surface area contributed by atoms with Crippen molar-refractivity contribution < 1.29 is 4.79 Å². The summed E-state index contributed by atoms with van der Waals surface area (Å²) in [5.41, 5.74) is 6.59. The van der Waals surface area contributed by atoms with E-state index in [9.17, 15) is 4.79 Å². The van der Waals surface area contributed by atoms with Crippen LogP contribution in [0.2, 0.25) is 0 Å². The lowest BCUT2D eigenvalue weighted by molar-refractivity contribution is -0.107. The van der Waals surface area contributed by atoms with Crippen molar-refractivity contribution in [1.82, 2.24) is 0 Å². The Morgan fingerprint density at radius 1 is 1.36 bits per heavy atom. The maximum Gasteiger partial charge on any atom is 0.133 e. The molecule has 2 nitrogen and oxygen atoms in total. The summed E-state index contributed by atoms with van der Waals surface area (Å²) >= 11 is 1.62. The monoisotopic (exact) mass is 209 g/mol. The molecule has 1 aromatic rings. The molecule has 0 radical (unpaired) electrons. The van der Waals surface area contributed by atoms with Gasteiger partial charge in [-0.2, -0.15) is 0 Å². The van der Waals surface area contributed by atoms with E-state index in [0.717, 1.165) is 18.5 Å². The summed E-state index contributed by atoms with van der Waals surface area (Å²) in [6, 6.07) is 10.0. The molecule has 1 rings (SSSR count). The summed E-state index contributed by atoms with van der Waals surface area (Å²) < 4.78 is 0. The molecule has 1 unspecified atom stereocenters. The molecule has 0 saturated carbocycles. The molecule has 0 aliphatic rings. The molecule has 14 heavy (non-hydrogen) atoms. The summed E-state index contributed by atoms with van der Waals surface area (Å²) in [6.07, 6.45) is 1.81. The van der Waals surface area contributed by atoms with E-state index in [-0.39, 0.29) is 5.25 Å². The van der Waals surface area contributed by atoms with Gasteiger partial charge in [-0.15, -0.1) is 11.8 Å². The van der Waals surface area contributed by atoms with Crippen LogP contribution >= 0.6 is 11.8 Å². The lowest BCUT2D eigenvalue weighted by Crippen LogP contribution is -2.12. The van der Waals surface area contributed by atoms with Crippen LogP contribution in [0.25, 0.3) is 0 Å². The number of nitrogens with two attached hydrogens (primary N) is 1. The summed E-state index contributed by atoms with van der Waals surface area (Å²) in [5.74, 6) is 0.843. The average molecular weight is 209 g/mol. The van der Waals surface area contributed by atoms with Crippen LogP contribution in [0.1, 0.15) is 5.56 Å². The Morgan fingerprint density at radius 2 is 2.07 bits per heavy atom. The molecule has 0 aromatic heterocycles. The highest BCUT2D eigenvalue weighted by molar-refractivity contribution is 8.00. The minimum absolute atomic E-state index is 0.0425. The summed E-state index contributed by atoms with van der Waals surface area (Å²) in [4.78, 5) is 10.8. The van der Waals surface area contributed by atoms with Crippen LogP contribution in [0, 0.1) is 0 Å². The van der Waals surface area contributed by atoms with Gasteiger partial charge >= 0.3 is 0 Å². The molecule has 0 aliphatic carbocycles. The van der Waals surface area contributed by atoms with E-state index < -0.39 is 0 Å². The van der Waals surface area contributed by atoms with Crippen molar-refractivity contribution in [2.24, 2.45) is 5.73 Å². The predicted molar refractivity (Wildman–Crippen MR) is 61.5 cm³/mol. The van der Waals surface area contributed by atoms with Gasteiger partial charge in [0.1, 0.15) is 6.29 Å². The molecule has 0 amide bonds. The molecule has 1 atom stereocenters. The van der Waals surface area contributed by atoms with Crippen LogP contribution in [-0.4, -0.2) is 23.8 Å². The fourth-order valence-electron chi connectivity index (χ4n) is 1.21. The van der Waals surface area contributed by atoms with Crippen LogP contribution in [0.15, 0.2) is 30.3 Å². The summed E-state index contributed by atoms with van der Waals surface area (Å²) in [5, 5.41) is 0.0425. The molecule has 76 valence electrons. The Balaban J connectivity index is 2.44. The van der Waals surface area contributed by atoms with Gasteiger partial charge in [0, 0.05) is 12.3 Å². The van der Waals surface area contributed by atoms with Gasteiger partial charge in [0.15, 0.2) is 0 Å². The zero-order valence-corrected chi connectivity index (χ0v) is 8.87. The number of hydrogen-bond acceptors (Lipinski definition) is 3. The van der Waals surface area contributed by atoms with E-state index in [1.54, 1.807) is 11.8 Å². The Bertz CT molecular complexity index is 263. The number of thioether (sulfide) groups is 1. The van der Waals surface area contributed by atoms with Crippen molar-refractivity contribution in [2.45, 2.75) is 11.7 Å². The Hall–Kier alpha value is -0.800. The molecular weight excluding hydrogens is 194 g/mol. The van der Waals surface area contributed by atoms with Gasteiger partial charge in [-0.25, -0.2) is 0 Å². The van der Waals surface area contributed by atoms with Crippen molar-refractivity contribution in [3.05, 3.63) is 35.9 Å². The first-order chi connectivity index (χ1) is 6.86. The molecule has 0 saturated heterocycles. The molecule has 0 spiro atoms. The highest BCUT2D eigenvalue weighted by Gasteiger charge is 2.07. The topological polar surface area (TPSA) is 43.1 Å². The fourth-order valence-corrected chi connectivity index (χ4v) is 2.04. The first-order valence-electron chi connectivity index (χ1n) is 4.67. The van der Waals surface area contributed by atoms with Crippen molar-refractivity contribution in [3.63, 3.8) is 0 Å². The van der Waals surface area contributed by atoms with Gasteiger partial charge in [-0.1, -0.05) is 30.3 Å². The van der Waals surface area contributed by atoms with Crippen LogP contribution in [0.4, 0.5) is 0 Å². The van der Waals surface area contributed by atoms with Gasteiger partial charge in [0.05, 0.1) is 5.25 Å². The third-order valence-corrected chi connectivity index (χ3v) is 3.06. The van der Waals surface area contributed by atoms with Crippen LogP contribution in [0.5, 0.6) is 0 Å². The lowest BCUT2D eigenvalue weighted by Gasteiger charge is -2.08. The van der Waals surface area contributed by atoms with Crippen LogP contribution in [0.3, 0.4) is 0 Å². The Morgan fingerprint density at radius 3 is 2.64 bits per heavy atom. The number of hydrogen-bond donors (Lipinski definition) is 1. The SMILES string of the molecule is NCCSC(C=O)Cc1ccccc1. The molecule has 3 heteroatoms. The zero-order valence-electron chi connectivity index (χ0n) is 8.06. The Kier molecular flexibility index (Phi) is 5.33. The van der Waals surface area contributed by atoms with E-state index in [1.165, 1.54) is 5.56 Å². The van der Waals surface area contributed by atoms with E-state index in [0.29, 0.717) is 6.54 Å². The number of aldehydes is 1. The van der Waals surface area contributed by atoms with E-state index in [1.807, 2.05) is 30.3 Å². The predicted octanol–water partition coefficient (Wildman–Crippen LogP) is 1.49. The van der Waals surface area contributed by atoms with Crippen LogP contribution in [-0.2, 0) is 11.2 Å². The third kappa shape index (κ3) is 3.94. The first kappa shape index (κ1) is 11.3. The Labute approximate surface area is 88.9 Å². The van der Waals surface area contributed by atoms with Crippen molar-refractivity contribution >= 4 is 18.0 Å². The third-order valence-electron chi connectivity index (χ3n) is 1.88. The van der Waals surface area contributed by atoms with E-state index in [2.05, 4.69) is 0 Å². The summed E-state index contributed by atoms with van der Waals surface area (Å²) in [7, 11) is 0. The van der Waals surface area contributed by atoms with Crippen LogP contribution < -0.4 is 5.73 Å². The minimum atomic E-state index is 0.0425. The van der Waals surface area contributed by atoms with Gasteiger partial charge in [-0.05, 0) is 12.0 Å². The van der Waals surface area contributed by atoms with Gasteiger partial charge < -0.3 is 10.5 Å². The smallest absolute Gasteiger partial charge is 0.133 e. The molecule has 0 fully saturated rings. The largest absolute Gasteiger partial charge is 0.330 e. The number of benzene rings is 1. The molecular formula is C11H15NOS. The van der Waals surface area contributed by atoms with E-state index in [4.69, 9.17) is 5.73 Å². The zero-order chi connectivity index (χ0) is 10.2. The summed E-state index contributed by atoms with van der Waals surface area (Å²) in [6.45, 7) is 0.629.